The van der Waals surface area contributed by atoms with Crippen molar-refractivity contribution in [2.45, 2.75) is 76.9 Å². The fourth-order valence-electron chi connectivity index (χ4n) is 4.30. The average molecular weight is 448 g/mol. The summed E-state index contributed by atoms with van der Waals surface area (Å²) in [4.78, 5) is 19.5. The first-order valence-electron chi connectivity index (χ1n) is 11.0. The number of aromatic nitrogens is 1. The second kappa shape index (κ2) is 10.8. The minimum atomic E-state index is -4.33. The van der Waals surface area contributed by atoms with Gasteiger partial charge in [0.2, 0.25) is 5.91 Å². The Labute approximate surface area is 180 Å². The molecule has 0 unspecified atom stereocenters. The van der Waals surface area contributed by atoms with Crippen LogP contribution in [0.1, 0.15) is 62.4 Å². The predicted octanol–water partition coefficient (Wildman–Crippen LogP) is 4.35. The molecule has 5 nitrogen and oxygen atoms in total. The highest BCUT2D eigenvalue weighted by molar-refractivity contribution is 7.13. The number of hydrogen-bond donors (Lipinski definition) is 1. The third-order valence-corrected chi connectivity index (χ3v) is 7.05. The van der Waals surface area contributed by atoms with E-state index in [1.165, 1.54) is 24.2 Å². The number of halogens is 3. The predicted molar refractivity (Wildman–Crippen MR) is 111 cm³/mol. The summed E-state index contributed by atoms with van der Waals surface area (Å²) in [5, 5.41) is 3.29. The van der Waals surface area contributed by atoms with Crippen LogP contribution < -0.4 is 10.1 Å². The van der Waals surface area contributed by atoms with E-state index in [0.29, 0.717) is 18.4 Å². The highest BCUT2D eigenvalue weighted by Gasteiger charge is 2.30. The lowest BCUT2D eigenvalue weighted by molar-refractivity contribution is -0.153. The van der Waals surface area contributed by atoms with Gasteiger partial charge in [-0.2, -0.15) is 13.2 Å². The number of hydrogen-bond acceptors (Lipinski definition) is 5. The molecule has 1 amide bonds. The molecule has 1 aliphatic carbocycles. The summed E-state index contributed by atoms with van der Waals surface area (Å²) < 4.78 is 41.7. The fraction of sp³-hybridized carbons (Fsp3) is 0.810. The summed E-state index contributed by atoms with van der Waals surface area (Å²) in [5.74, 6) is 0.890. The van der Waals surface area contributed by atoms with E-state index in [0.717, 1.165) is 68.7 Å². The van der Waals surface area contributed by atoms with Gasteiger partial charge in [-0.3, -0.25) is 4.79 Å². The Balaban J connectivity index is 1.36. The van der Waals surface area contributed by atoms with E-state index in [9.17, 15) is 18.0 Å². The van der Waals surface area contributed by atoms with Crippen LogP contribution in [-0.4, -0.2) is 54.3 Å². The monoisotopic (exact) mass is 447 g/mol. The van der Waals surface area contributed by atoms with Crippen molar-refractivity contribution in [2.24, 2.45) is 5.92 Å². The van der Waals surface area contributed by atoms with Gasteiger partial charge in [-0.1, -0.05) is 18.3 Å². The Bertz CT molecular complexity index is 662. The van der Waals surface area contributed by atoms with Crippen LogP contribution in [0.15, 0.2) is 0 Å². The molecule has 1 saturated carbocycles. The number of amides is 1. The molecule has 170 valence electrons. The second-order valence-corrected chi connectivity index (χ2v) is 9.47. The third kappa shape index (κ3) is 7.41. The fourth-order valence-corrected chi connectivity index (χ4v) is 5.25. The van der Waals surface area contributed by atoms with Gasteiger partial charge in [0.1, 0.15) is 0 Å². The lowest BCUT2D eigenvalue weighted by atomic mass is 9.84. The molecular formula is C21H32F3N3O2S. The molecule has 3 rings (SSSR count). The third-order valence-electron chi connectivity index (χ3n) is 5.98. The first-order chi connectivity index (χ1) is 14.3. The molecular weight excluding hydrogens is 415 g/mol. The van der Waals surface area contributed by atoms with Crippen molar-refractivity contribution < 1.29 is 22.7 Å². The summed E-state index contributed by atoms with van der Waals surface area (Å²) in [5.41, 5.74) is 0.892. The molecule has 1 aliphatic heterocycles. The van der Waals surface area contributed by atoms with Crippen LogP contribution in [0.25, 0.3) is 0 Å². The molecule has 9 heteroatoms. The van der Waals surface area contributed by atoms with Gasteiger partial charge in [0.15, 0.2) is 6.61 Å². The smallest absolute Gasteiger partial charge is 0.422 e. The Kier molecular flexibility index (Phi) is 8.39. The van der Waals surface area contributed by atoms with Crippen molar-refractivity contribution >= 4 is 17.2 Å². The Hall–Kier alpha value is -1.35. The molecule has 0 radical (unpaired) electrons. The lowest BCUT2D eigenvalue weighted by Gasteiger charge is -2.30. The number of nitrogens with zero attached hydrogens (tertiary/aromatic N) is 2. The number of thiazole rings is 1. The van der Waals surface area contributed by atoms with E-state index < -0.39 is 12.8 Å². The summed E-state index contributed by atoms with van der Waals surface area (Å²) in [6.45, 7) is 3.59. The minimum Gasteiger partial charge on any atom is -0.460 e. The van der Waals surface area contributed by atoms with Crippen LogP contribution in [0.4, 0.5) is 13.2 Å². The number of nitrogens with one attached hydrogen (secondary N) is 1. The topological polar surface area (TPSA) is 54.5 Å². The lowest BCUT2D eigenvalue weighted by Crippen LogP contribution is -2.38. The standard InChI is InChI=1S/C21H32F3N3O2S/c1-2-3-19(28)25-16-6-4-15(5-7-16)8-11-27-12-9-17-18(10-13-27)30-20(26-17)29-14-21(22,23)24/h15-16H,2-14H2,1H3,(H,25,28)/t15-,16-. The summed E-state index contributed by atoms with van der Waals surface area (Å²) in [6.07, 6.45) is 4.39. The van der Waals surface area contributed by atoms with Gasteiger partial charge in [-0.05, 0) is 57.4 Å². The molecule has 0 bridgehead atoms. The first-order valence-corrected chi connectivity index (χ1v) is 11.8. The van der Waals surface area contributed by atoms with Crippen LogP contribution in [-0.2, 0) is 17.6 Å². The molecule has 30 heavy (non-hydrogen) atoms. The molecule has 0 spiro atoms. The number of carbonyl (C=O) groups excluding carboxylic acids is 1. The molecule has 0 saturated heterocycles. The summed E-state index contributed by atoms with van der Waals surface area (Å²) >= 11 is 1.25. The highest BCUT2D eigenvalue weighted by atomic mass is 32.1. The van der Waals surface area contributed by atoms with Crippen LogP contribution in [0.5, 0.6) is 5.19 Å². The molecule has 1 fully saturated rings. The SMILES string of the molecule is CCCC(=O)N[C@H]1CC[C@H](CCN2CCc3nc(OCC(F)(F)F)sc3CC2)CC1. The number of fused-ring (bicyclic) bond motifs is 1. The normalized spacial score (nSPS) is 22.9. The first kappa shape index (κ1) is 23.3. The zero-order chi connectivity index (χ0) is 21.6. The van der Waals surface area contributed by atoms with Crippen molar-refractivity contribution in [1.29, 1.82) is 0 Å². The molecule has 1 aromatic rings. The van der Waals surface area contributed by atoms with Crippen LogP contribution in [0, 0.1) is 5.92 Å². The second-order valence-electron chi connectivity index (χ2n) is 8.42. The molecule has 1 N–H and O–H groups in total. The van der Waals surface area contributed by atoms with Crippen molar-refractivity contribution in [3.05, 3.63) is 10.6 Å². The van der Waals surface area contributed by atoms with E-state index in [4.69, 9.17) is 4.74 Å². The molecule has 2 heterocycles. The number of ether oxygens (including phenoxy) is 1. The van der Waals surface area contributed by atoms with Crippen LogP contribution in [0.3, 0.4) is 0 Å². The zero-order valence-electron chi connectivity index (χ0n) is 17.6. The van der Waals surface area contributed by atoms with Crippen molar-refractivity contribution in [3.8, 4) is 5.19 Å². The highest BCUT2D eigenvalue weighted by Crippen LogP contribution is 2.31. The summed E-state index contributed by atoms with van der Waals surface area (Å²) in [6, 6.07) is 0.342. The van der Waals surface area contributed by atoms with E-state index in [1.54, 1.807) is 0 Å². The largest absolute Gasteiger partial charge is 0.460 e. The van der Waals surface area contributed by atoms with Gasteiger partial charge < -0.3 is 15.0 Å². The molecule has 1 aromatic heterocycles. The maximum atomic E-state index is 12.3. The van der Waals surface area contributed by atoms with E-state index >= 15 is 0 Å². The van der Waals surface area contributed by atoms with Gasteiger partial charge in [0.05, 0.1) is 5.69 Å². The summed E-state index contributed by atoms with van der Waals surface area (Å²) in [7, 11) is 0. The van der Waals surface area contributed by atoms with Crippen LogP contribution in [0.2, 0.25) is 0 Å². The average Bonchev–Trinajstić information content (AvgIpc) is 2.99. The van der Waals surface area contributed by atoms with Crippen molar-refractivity contribution in [1.82, 2.24) is 15.2 Å². The molecule has 2 aliphatic rings. The van der Waals surface area contributed by atoms with Crippen molar-refractivity contribution in [2.75, 3.05) is 26.2 Å². The van der Waals surface area contributed by atoms with Gasteiger partial charge in [0.25, 0.3) is 5.19 Å². The van der Waals surface area contributed by atoms with E-state index in [1.807, 2.05) is 6.92 Å². The zero-order valence-corrected chi connectivity index (χ0v) is 18.4. The van der Waals surface area contributed by atoms with Gasteiger partial charge >= 0.3 is 6.18 Å². The molecule has 0 atom stereocenters. The van der Waals surface area contributed by atoms with Gasteiger partial charge in [-0.25, -0.2) is 4.98 Å². The number of rotatable bonds is 8. The van der Waals surface area contributed by atoms with E-state index in [2.05, 4.69) is 15.2 Å². The Morgan fingerprint density at radius 1 is 1.23 bits per heavy atom. The molecule has 0 aromatic carbocycles. The Morgan fingerprint density at radius 3 is 2.67 bits per heavy atom. The van der Waals surface area contributed by atoms with E-state index in [-0.39, 0.29) is 11.1 Å². The number of alkyl halides is 3. The quantitative estimate of drug-likeness (QED) is 0.644. The minimum absolute atomic E-state index is 0.133. The van der Waals surface area contributed by atoms with Crippen molar-refractivity contribution in [3.63, 3.8) is 0 Å². The van der Waals surface area contributed by atoms with Crippen LogP contribution >= 0.6 is 11.3 Å². The maximum absolute atomic E-state index is 12.3. The van der Waals surface area contributed by atoms with Gasteiger partial charge in [-0.15, -0.1) is 0 Å². The maximum Gasteiger partial charge on any atom is 0.422 e. The Morgan fingerprint density at radius 2 is 1.97 bits per heavy atom. The number of carbonyl (C=O) groups is 1. The van der Waals surface area contributed by atoms with Gasteiger partial charge in [0, 0.05) is 36.9 Å².